The third-order valence-corrected chi connectivity index (χ3v) is 4.02. The van der Waals surface area contributed by atoms with Crippen LogP contribution >= 0.6 is 11.6 Å². The van der Waals surface area contributed by atoms with Gasteiger partial charge in [0.15, 0.2) is 0 Å². The van der Waals surface area contributed by atoms with Crippen molar-refractivity contribution in [3.05, 3.63) is 46.9 Å². The fourth-order valence-corrected chi connectivity index (χ4v) is 3.02. The number of hydrogen-bond donors (Lipinski definition) is 1. The van der Waals surface area contributed by atoms with Crippen molar-refractivity contribution in [1.29, 1.82) is 0 Å². The summed E-state index contributed by atoms with van der Waals surface area (Å²) in [7, 11) is 0. The van der Waals surface area contributed by atoms with Gasteiger partial charge in [0, 0.05) is 11.8 Å². The maximum atomic E-state index is 12.0. The van der Waals surface area contributed by atoms with Crippen molar-refractivity contribution in [2.75, 3.05) is 0 Å². The zero-order chi connectivity index (χ0) is 17.3. The highest BCUT2D eigenvalue weighted by Gasteiger charge is 2.26. The number of ether oxygens (including phenoxy) is 1. The molecule has 1 aromatic heterocycles. The van der Waals surface area contributed by atoms with Crippen LogP contribution < -0.4 is 5.32 Å². The molecule has 2 aromatic rings. The Balaban J connectivity index is 1.77. The van der Waals surface area contributed by atoms with E-state index in [9.17, 15) is 4.79 Å². The first-order chi connectivity index (χ1) is 11.3. The van der Waals surface area contributed by atoms with Crippen LogP contribution in [-0.4, -0.2) is 21.7 Å². The lowest BCUT2D eigenvalue weighted by Crippen LogP contribution is -2.34. The zero-order valence-corrected chi connectivity index (χ0v) is 14.7. The number of amides is 1. The molecule has 0 spiro atoms. The van der Waals surface area contributed by atoms with Crippen molar-refractivity contribution in [3.63, 3.8) is 0 Å². The average Bonchev–Trinajstić information content (AvgIpc) is 2.87. The Kier molecular flexibility index (Phi) is 4.45. The molecule has 0 bridgehead atoms. The van der Waals surface area contributed by atoms with E-state index < -0.39 is 5.60 Å². The van der Waals surface area contributed by atoms with E-state index in [4.69, 9.17) is 16.3 Å². The smallest absolute Gasteiger partial charge is 0.408 e. The minimum absolute atomic E-state index is 0.0158. The number of halogens is 1. The van der Waals surface area contributed by atoms with Gasteiger partial charge in [0.1, 0.15) is 5.60 Å². The van der Waals surface area contributed by atoms with Crippen LogP contribution in [0.25, 0.3) is 11.3 Å². The maximum absolute atomic E-state index is 12.0. The van der Waals surface area contributed by atoms with Crippen LogP contribution in [0.2, 0.25) is 5.28 Å². The van der Waals surface area contributed by atoms with E-state index in [1.807, 2.05) is 39.0 Å². The van der Waals surface area contributed by atoms with Crippen LogP contribution in [0.1, 0.15) is 44.4 Å². The van der Waals surface area contributed by atoms with Gasteiger partial charge in [-0.1, -0.05) is 12.1 Å². The number of hydrogen-bond acceptors (Lipinski definition) is 4. The quantitative estimate of drug-likeness (QED) is 0.824. The first kappa shape index (κ1) is 16.7. The van der Waals surface area contributed by atoms with Crippen molar-refractivity contribution < 1.29 is 9.53 Å². The monoisotopic (exact) mass is 345 g/mol. The van der Waals surface area contributed by atoms with E-state index in [0.717, 1.165) is 29.7 Å². The number of aromatic nitrogens is 2. The van der Waals surface area contributed by atoms with Crippen molar-refractivity contribution >= 4 is 17.7 Å². The lowest BCUT2D eigenvalue weighted by Gasteiger charge is -2.22. The molecule has 126 valence electrons. The molecule has 1 heterocycles. The highest BCUT2D eigenvalue weighted by molar-refractivity contribution is 6.28. The Morgan fingerprint density at radius 2 is 2.12 bits per heavy atom. The third-order valence-electron chi connectivity index (χ3n) is 3.83. The second-order valence-electron chi connectivity index (χ2n) is 6.86. The summed E-state index contributed by atoms with van der Waals surface area (Å²) < 4.78 is 5.34. The Bertz CT molecular complexity index is 771. The van der Waals surface area contributed by atoms with Crippen LogP contribution in [0.4, 0.5) is 4.79 Å². The van der Waals surface area contributed by atoms with Gasteiger partial charge in [-0.05, 0) is 68.5 Å². The third kappa shape index (κ3) is 3.85. The maximum Gasteiger partial charge on any atom is 0.408 e. The predicted molar refractivity (Wildman–Crippen MR) is 92.9 cm³/mol. The molecule has 3 rings (SSSR count). The van der Waals surface area contributed by atoms with E-state index in [2.05, 4.69) is 21.4 Å². The molecule has 0 saturated carbocycles. The Morgan fingerprint density at radius 3 is 2.83 bits per heavy atom. The lowest BCUT2D eigenvalue weighted by atomic mass is 10.0. The molecule has 1 atom stereocenters. The van der Waals surface area contributed by atoms with Gasteiger partial charge in [0.05, 0.1) is 11.7 Å². The predicted octanol–water partition coefficient (Wildman–Crippen LogP) is 4.31. The Morgan fingerprint density at radius 1 is 1.33 bits per heavy atom. The summed E-state index contributed by atoms with van der Waals surface area (Å²) in [6, 6.07) is 7.95. The number of rotatable bonds is 2. The summed E-state index contributed by atoms with van der Waals surface area (Å²) >= 11 is 5.86. The van der Waals surface area contributed by atoms with Crippen molar-refractivity contribution in [2.45, 2.75) is 45.3 Å². The molecule has 5 nitrogen and oxygen atoms in total. The molecule has 24 heavy (non-hydrogen) atoms. The summed E-state index contributed by atoms with van der Waals surface area (Å²) in [5.41, 5.74) is 3.63. The van der Waals surface area contributed by atoms with Gasteiger partial charge in [-0.2, -0.15) is 0 Å². The van der Waals surface area contributed by atoms with Gasteiger partial charge in [-0.3, -0.25) is 0 Å². The SMILES string of the molecule is CC(C)(C)OC(=O)NC1CCc2cc(-c3ccnc(Cl)n3)ccc21. The van der Waals surface area contributed by atoms with Gasteiger partial charge >= 0.3 is 6.09 Å². The molecule has 1 unspecified atom stereocenters. The number of alkyl carbamates (subject to hydrolysis) is 1. The van der Waals surface area contributed by atoms with E-state index in [0.29, 0.717) is 0 Å². The molecule has 0 fully saturated rings. The first-order valence-electron chi connectivity index (χ1n) is 7.93. The Labute approximate surface area is 146 Å². The first-order valence-corrected chi connectivity index (χ1v) is 8.31. The molecule has 6 heteroatoms. The molecule has 1 aromatic carbocycles. The molecular formula is C18H20ClN3O2. The fourth-order valence-electron chi connectivity index (χ4n) is 2.87. The minimum Gasteiger partial charge on any atom is -0.444 e. The average molecular weight is 346 g/mol. The topological polar surface area (TPSA) is 64.1 Å². The number of carbonyl (C=O) groups is 1. The molecule has 1 amide bonds. The van der Waals surface area contributed by atoms with Crippen molar-refractivity contribution in [3.8, 4) is 11.3 Å². The lowest BCUT2D eigenvalue weighted by molar-refractivity contribution is 0.0503. The van der Waals surface area contributed by atoms with E-state index in [1.54, 1.807) is 6.20 Å². The zero-order valence-electron chi connectivity index (χ0n) is 14.0. The van der Waals surface area contributed by atoms with Crippen molar-refractivity contribution in [2.24, 2.45) is 0 Å². The summed E-state index contributed by atoms with van der Waals surface area (Å²) in [5.74, 6) is 0. The number of fused-ring (bicyclic) bond motifs is 1. The van der Waals surface area contributed by atoms with Crippen LogP contribution in [0.15, 0.2) is 30.5 Å². The van der Waals surface area contributed by atoms with Gasteiger partial charge in [0.25, 0.3) is 0 Å². The molecule has 0 radical (unpaired) electrons. The van der Waals surface area contributed by atoms with Gasteiger partial charge in [0.2, 0.25) is 5.28 Å². The highest BCUT2D eigenvalue weighted by atomic mass is 35.5. The van der Waals surface area contributed by atoms with E-state index in [1.165, 1.54) is 5.56 Å². The minimum atomic E-state index is -0.498. The largest absolute Gasteiger partial charge is 0.444 e. The van der Waals surface area contributed by atoms with Crippen LogP contribution in [0, 0.1) is 0 Å². The summed E-state index contributed by atoms with van der Waals surface area (Å²) in [4.78, 5) is 20.1. The van der Waals surface area contributed by atoms with Gasteiger partial charge in [-0.25, -0.2) is 14.8 Å². The fraction of sp³-hybridized carbons (Fsp3) is 0.389. The number of nitrogens with one attached hydrogen (secondary N) is 1. The van der Waals surface area contributed by atoms with E-state index >= 15 is 0 Å². The number of aryl methyl sites for hydroxylation is 1. The number of benzene rings is 1. The molecule has 1 N–H and O–H groups in total. The van der Waals surface area contributed by atoms with Crippen LogP contribution in [-0.2, 0) is 11.2 Å². The van der Waals surface area contributed by atoms with Crippen molar-refractivity contribution in [1.82, 2.24) is 15.3 Å². The molecule has 1 aliphatic rings. The normalized spacial score (nSPS) is 16.6. The highest BCUT2D eigenvalue weighted by Crippen LogP contribution is 2.34. The number of nitrogens with zero attached hydrogens (tertiary/aromatic N) is 2. The van der Waals surface area contributed by atoms with Gasteiger partial charge < -0.3 is 10.1 Å². The molecule has 0 saturated heterocycles. The van der Waals surface area contributed by atoms with Gasteiger partial charge in [-0.15, -0.1) is 0 Å². The molecule has 1 aliphatic carbocycles. The second-order valence-corrected chi connectivity index (χ2v) is 7.20. The van der Waals surface area contributed by atoms with Crippen LogP contribution in [0.3, 0.4) is 0 Å². The second kappa shape index (κ2) is 6.40. The van der Waals surface area contributed by atoms with Crippen LogP contribution in [0.5, 0.6) is 0 Å². The summed E-state index contributed by atoms with van der Waals surface area (Å²) in [5, 5.41) is 3.19. The Hall–Kier alpha value is -2.14. The molecular weight excluding hydrogens is 326 g/mol. The molecule has 0 aliphatic heterocycles. The number of carbonyl (C=O) groups excluding carboxylic acids is 1. The van der Waals surface area contributed by atoms with E-state index in [-0.39, 0.29) is 17.4 Å². The standard InChI is InChI=1S/C18H20ClN3O2/c1-18(2,3)24-17(23)22-15-7-5-11-10-12(4-6-13(11)15)14-8-9-20-16(19)21-14/h4,6,8-10,15H,5,7H2,1-3H3,(H,22,23). The summed E-state index contributed by atoms with van der Waals surface area (Å²) in [6.07, 6.45) is 3.03. The summed E-state index contributed by atoms with van der Waals surface area (Å²) in [6.45, 7) is 5.57.